The van der Waals surface area contributed by atoms with E-state index in [0.717, 1.165) is 31.9 Å². The van der Waals surface area contributed by atoms with Crippen molar-refractivity contribution in [3.8, 4) is 0 Å². The zero-order valence-electron chi connectivity index (χ0n) is 15.3. The van der Waals surface area contributed by atoms with Crippen LogP contribution in [0.5, 0.6) is 0 Å². The Balaban J connectivity index is 1.33. The second-order valence-electron chi connectivity index (χ2n) is 6.75. The van der Waals surface area contributed by atoms with Gasteiger partial charge in [0.2, 0.25) is 5.91 Å². The van der Waals surface area contributed by atoms with Gasteiger partial charge in [0.25, 0.3) is 0 Å². The van der Waals surface area contributed by atoms with Gasteiger partial charge in [0.1, 0.15) is 11.6 Å². The highest BCUT2D eigenvalue weighted by molar-refractivity contribution is 5.76. The van der Waals surface area contributed by atoms with Gasteiger partial charge >= 0.3 is 0 Å². The maximum absolute atomic E-state index is 13.5. The number of amides is 1. The molecule has 0 radical (unpaired) electrons. The summed E-state index contributed by atoms with van der Waals surface area (Å²) in [5, 5.41) is 2.86. The summed E-state index contributed by atoms with van der Waals surface area (Å²) < 4.78 is 26.6. The van der Waals surface area contributed by atoms with Crippen molar-refractivity contribution in [2.45, 2.75) is 12.8 Å². The Morgan fingerprint density at radius 1 is 0.963 bits per heavy atom. The standard InChI is InChI=1S/C21H25F2N3O/c22-18-5-7-19(8-6-18)26-15-13-25(14-16-26)12-10-21(27)24-11-9-17-3-1-2-4-20(17)23/h1-8H,9-16H2,(H,24,27). The number of halogens is 2. The van der Waals surface area contributed by atoms with Gasteiger partial charge in [-0.05, 0) is 42.3 Å². The van der Waals surface area contributed by atoms with Gasteiger partial charge in [-0.25, -0.2) is 8.78 Å². The summed E-state index contributed by atoms with van der Waals surface area (Å²) in [5.74, 6) is -0.462. The summed E-state index contributed by atoms with van der Waals surface area (Å²) in [6.07, 6.45) is 0.933. The highest BCUT2D eigenvalue weighted by atomic mass is 19.1. The van der Waals surface area contributed by atoms with E-state index in [1.165, 1.54) is 18.2 Å². The third-order valence-corrected chi connectivity index (χ3v) is 4.89. The van der Waals surface area contributed by atoms with Gasteiger partial charge in [0.05, 0.1) is 0 Å². The molecule has 0 saturated carbocycles. The molecule has 4 nitrogen and oxygen atoms in total. The predicted octanol–water partition coefficient (Wildman–Crippen LogP) is 2.84. The van der Waals surface area contributed by atoms with E-state index >= 15 is 0 Å². The average Bonchev–Trinajstić information content (AvgIpc) is 2.69. The van der Waals surface area contributed by atoms with Crippen molar-refractivity contribution in [2.24, 2.45) is 0 Å². The third kappa shape index (κ3) is 5.76. The number of carbonyl (C=O) groups excluding carboxylic acids is 1. The number of anilines is 1. The number of nitrogens with zero attached hydrogens (tertiary/aromatic N) is 2. The van der Waals surface area contributed by atoms with Crippen LogP contribution >= 0.6 is 0 Å². The van der Waals surface area contributed by atoms with Crippen LogP contribution in [0.1, 0.15) is 12.0 Å². The van der Waals surface area contributed by atoms with E-state index < -0.39 is 0 Å². The second-order valence-corrected chi connectivity index (χ2v) is 6.75. The summed E-state index contributed by atoms with van der Waals surface area (Å²) in [4.78, 5) is 16.5. The summed E-state index contributed by atoms with van der Waals surface area (Å²) in [6.45, 7) is 4.63. The molecule has 6 heteroatoms. The molecule has 0 unspecified atom stereocenters. The van der Waals surface area contributed by atoms with Crippen LogP contribution in [0, 0.1) is 11.6 Å². The summed E-state index contributed by atoms with van der Waals surface area (Å²) in [5.41, 5.74) is 1.65. The molecule has 0 aliphatic carbocycles. The zero-order chi connectivity index (χ0) is 19.1. The lowest BCUT2D eigenvalue weighted by atomic mass is 10.1. The SMILES string of the molecule is O=C(CCN1CCN(c2ccc(F)cc2)CC1)NCCc1ccccc1F. The van der Waals surface area contributed by atoms with Crippen molar-refractivity contribution in [3.05, 3.63) is 65.7 Å². The largest absolute Gasteiger partial charge is 0.369 e. The minimum absolute atomic E-state index is 0.00713. The monoisotopic (exact) mass is 373 g/mol. The van der Waals surface area contributed by atoms with Gasteiger partial charge in [0, 0.05) is 51.4 Å². The van der Waals surface area contributed by atoms with E-state index in [1.807, 2.05) is 0 Å². The average molecular weight is 373 g/mol. The number of nitrogens with one attached hydrogen (secondary N) is 1. The van der Waals surface area contributed by atoms with Crippen LogP contribution in [-0.4, -0.2) is 50.1 Å². The molecule has 1 amide bonds. The quantitative estimate of drug-likeness (QED) is 0.811. The van der Waals surface area contributed by atoms with Crippen molar-refractivity contribution >= 4 is 11.6 Å². The van der Waals surface area contributed by atoms with Gasteiger partial charge in [-0.15, -0.1) is 0 Å². The third-order valence-electron chi connectivity index (χ3n) is 4.89. The predicted molar refractivity (Wildman–Crippen MR) is 103 cm³/mol. The van der Waals surface area contributed by atoms with E-state index in [0.29, 0.717) is 31.5 Å². The molecule has 0 bridgehead atoms. The molecule has 1 N–H and O–H groups in total. The van der Waals surface area contributed by atoms with Crippen LogP contribution in [0.25, 0.3) is 0 Å². The minimum Gasteiger partial charge on any atom is -0.369 e. The number of benzene rings is 2. The smallest absolute Gasteiger partial charge is 0.221 e. The highest BCUT2D eigenvalue weighted by Crippen LogP contribution is 2.17. The van der Waals surface area contributed by atoms with Crippen LogP contribution in [0.4, 0.5) is 14.5 Å². The van der Waals surface area contributed by atoms with Crippen molar-refractivity contribution in [3.63, 3.8) is 0 Å². The lowest BCUT2D eigenvalue weighted by Crippen LogP contribution is -2.47. The molecular formula is C21H25F2N3O. The van der Waals surface area contributed by atoms with E-state index in [4.69, 9.17) is 0 Å². The van der Waals surface area contributed by atoms with Crippen LogP contribution in [0.2, 0.25) is 0 Å². The number of carbonyl (C=O) groups is 1. The second kappa shape index (κ2) is 9.46. The Morgan fingerprint density at radius 3 is 2.37 bits per heavy atom. The molecule has 0 aromatic heterocycles. The van der Waals surface area contributed by atoms with E-state index in [1.54, 1.807) is 30.3 Å². The fourth-order valence-electron chi connectivity index (χ4n) is 3.27. The van der Waals surface area contributed by atoms with Crippen LogP contribution in [0.15, 0.2) is 48.5 Å². The number of hydrogen-bond donors (Lipinski definition) is 1. The first-order chi connectivity index (χ1) is 13.1. The number of piperazine rings is 1. The van der Waals surface area contributed by atoms with Gasteiger partial charge < -0.3 is 10.2 Å². The summed E-state index contributed by atoms with van der Waals surface area (Å²) in [6, 6.07) is 13.2. The van der Waals surface area contributed by atoms with Crippen molar-refractivity contribution in [1.82, 2.24) is 10.2 Å². The van der Waals surface area contributed by atoms with E-state index in [-0.39, 0.29) is 17.5 Å². The van der Waals surface area contributed by atoms with Crippen LogP contribution < -0.4 is 10.2 Å². The van der Waals surface area contributed by atoms with Gasteiger partial charge in [-0.2, -0.15) is 0 Å². The Morgan fingerprint density at radius 2 is 1.67 bits per heavy atom. The lowest BCUT2D eigenvalue weighted by Gasteiger charge is -2.36. The molecule has 1 saturated heterocycles. The minimum atomic E-state index is -0.231. The first-order valence-corrected chi connectivity index (χ1v) is 9.35. The Bertz CT molecular complexity index is 743. The molecule has 1 aliphatic rings. The molecule has 1 heterocycles. The number of rotatable bonds is 7. The molecule has 1 fully saturated rings. The molecule has 27 heavy (non-hydrogen) atoms. The molecule has 2 aromatic rings. The first kappa shape index (κ1) is 19.3. The van der Waals surface area contributed by atoms with Crippen molar-refractivity contribution in [2.75, 3.05) is 44.2 Å². The molecule has 2 aromatic carbocycles. The molecule has 144 valence electrons. The fourth-order valence-corrected chi connectivity index (χ4v) is 3.27. The lowest BCUT2D eigenvalue weighted by molar-refractivity contribution is -0.121. The maximum Gasteiger partial charge on any atom is 0.221 e. The van der Waals surface area contributed by atoms with Gasteiger partial charge in [-0.1, -0.05) is 18.2 Å². The van der Waals surface area contributed by atoms with E-state index in [2.05, 4.69) is 15.1 Å². The summed E-state index contributed by atoms with van der Waals surface area (Å²) >= 11 is 0. The Kier molecular flexibility index (Phi) is 6.76. The fraction of sp³-hybridized carbons (Fsp3) is 0.381. The number of hydrogen-bond acceptors (Lipinski definition) is 3. The maximum atomic E-state index is 13.5. The molecule has 0 spiro atoms. The van der Waals surface area contributed by atoms with Crippen molar-refractivity contribution < 1.29 is 13.6 Å². The van der Waals surface area contributed by atoms with Gasteiger partial charge in [0.15, 0.2) is 0 Å². The molecule has 0 atom stereocenters. The van der Waals surface area contributed by atoms with Crippen LogP contribution in [-0.2, 0) is 11.2 Å². The van der Waals surface area contributed by atoms with Gasteiger partial charge in [-0.3, -0.25) is 9.69 Å². The zero-order valence-corrected chi connectivity index (χ0v) is 15.3. The highest BCUT2D eigenvalue weighted by Gasteiger charge is 2.17. The first-order valence-electron chi connectivity index (χ1n) is 9.35. The normalized spacial score (nSPS) is 15.0. The van der Waals surface area contributed by atoms with Crippen molar-refractivity contribution in [1.29, 1.82) is 0 Å². The topological polar surface area (TPSA) is 35.6 Å². The summed E-state index contributed by atoms with van der Waals surface area (Å²) in [7, 11) is 0. The molecule has 3 rings (SSSR count). The molecular weight excluding hydrogens is 348 g/mol. The Labute approximate surface area is 158 Å². The molecule has 1 aliphatic heterocycles. The van der Waals surface area contributed by atoms with E-state index in [9.17, 15) is 13.6 Å². The Hall–Kier alpha value is -2.47. The van der Waals surface area contributed by atoms with Crippen LogP contribution in [0.3, 0.4) is 0 Å².